The summed E-state index contributed by atoms with van der Waals surface area (Å²) >= 11 is 0. The molecule has 2 saturated carbocycles. The molecule has 0 aliphatic heterocycles. The molecule has 2 aliphatic rings. The Bertz CT molecular complexity index is 510. The highest BCUT2D eigenvalue weighted by atomic mass is 14.7. The summed E-state index contributed by atoms with van der Waals surface area (Å²) < 4.78 is 0. The lowest BCUT2D eigenvalue weighted by Gasteiger charge is -2.48. The van der Waals surface area contributed by atoms with E-state index in [4.69, 9.17) is 11.5 Å². The van der Waals surface area contributed by atoms with Gasteiger partial charge in [0.2, 0.25) is 0 Å². The molecule has 2 heteroatoms. The van der Waals surface area contributed by atoms with E-state index in [1.165, 1.54) is 32.1 Å². The van der Waals surface area contributed by atoms with E-state index in [0.29, 0.717) is 47.3 Å². The fraction of sp³-hybridized carbons (Fsp3) is 0.724. The van der Waals surface area contributed by atoms with E-state index in [0.717, 1.165) is 11.8 Å². The second-order valence-corrected chi connectivity index (χ2v) is 11.1. The van der Waals surface area contributed by atoms with E-state index in [1.807, 2.05) is 0 Å². The number of allylic oxidation sites excluding steroid dienone is 4. The minimum absolute atomic E-state index is 0.235. The lowest BCUT2D eigenvalue weighted by atomic mass is 9.59. The number of nitrogens with two attached hydrogens (primary N) is 2. The Balaban J connectivity index is 2.22. The third-order valence-electron chi connectivity index (χ3n) is 9.25. The van der Waals surface area contributed by atoms with E-state index in [1.54, 1.807) is 0 Å². The standard InChI is InChI=1S/C29H50N2/c1-9-18(5)24-14-22(15-25(28(24)30)19(6)10-2)13-23-16-26(20(7)11-3)29(31)27(17-23)21(8)12-4/h9-12,18-29H,1-4,13-17,30-31H2,5-8H3. The molecule has 0 amide bonds. The van der Waals surface area contributed by atoms with Gasteiger partial charge in [-0.05, 0) is 91.3 Å². The first-order valence-electron chi connectivity index (χ1n) is 12.7. The smallest absolute Gasteiger partial charge is 0.0107 e. The zero-order chi connectivity index (χ0) is 23.3. The molecule has 31 heavy (non-hydrogen) atoms. The second-order valence-electron chi connectivity index (χ2n) is 11.1. The molecule has 2 fully saturated rings. The molecule has 0 aromatic carbocycles. The minimum atomic E-state index is 0.235. The normalized spacial score (nSPS) is 40.2. The van der Waals surface area contributed by atoms with Gasteiger partial charge in [0.1, 0.15) is 0 Å². The fourth-order valence-electron chi connectivity index (χ4n) is 6.81. The molecule has 0 heterocycles. The highest BCUT2D eigenvalue weighted by Gasteiger charge is 2.43. The average molecular weight is 427 g/mol. The van der Waals surface area contributed by atoms with Gasteiger partial charge >= 0.3 is 0 Å². The van der Waals surface area contributed by atoms with Gasteiger partial charge in [0, 0.05) is 12.1 Å². The van der Waals surface area contributed by atoms with Crippen LogP contribution in [0.25, 0.3) is 0 Å². The molecular weight excluding hydrogens is 376 g/mol. The van der Waals surface area contributed by atoms with Crippen LogP contribution >= 0.6 is 0 Å². The first-order chi connectivity index (χ1) is 14.7. The van der Waals surface area contributed by atoms with E-state index >= 15 is 0 Å². The maximum atomic E-state index is 6.82. The van der Waals surface area contributed by atoms with Gasteiger partial charge < -0.3 is 11.5 Å². The molecule has 0 bridgehead atoms. The van der Waals surface area contributed by atoms with Gasteiger partial charge in [0.25, 0.3) is 0 Å². The summed E-state index contributed by atoms with van der Waals surface area (Å²) in [5, 5.41) is 0. The molecule has 0 radical (unpaired) electrons. The van der Waals surface area contributed by atoms with Crippen molar-refractivity contribution in [1.29, 1.82) is 0 Å². The number of rotatable bonds is 10. The molecule has 0 aromatic rings. The summed E-state index contributed by atoms with van der Waals surface area (Å²) in [5.41, 5.74) is 13.6. The highest BCUT2D eigenvalue weighted by molar-refractivity contribution is 5.02. The molecular formula is C29H50N2. The van der Waals surface area contributed by atoms with Crippen molar-refractivity contribution in [2.45, 2.75) is 71.9 Å². The summed E-state index contributed by atoms with van der Waals surface area (Å²) in [6.07, 6.45) is 14.6. The second kappa shape index (κ2) is 11.7. The first-order valence-corrected chi connectivity index (χ1v) is 12.7. The predicted octanol–water partition coefficient (Wildman–Crippen LogP) is 6.60. The van der Waals surface area contributed by atoms with Crippen LogP contribution in [-0.4, -0.2) is 12.1 Å². The van der Waals surface area contributed by atoms with Crippen molar-refractivity contribution in [2.75, 3.05) is 0 Å². The van der Waals surface area contributed by atoms with E-state index < -0.39 is 0 Å². The molecule has 8 atom stereocenters. The number of hydrogen-bond donors (Lipinski definition) is 2. The van der Waals surface area contributed by atoms with Crippen LogP contribution in [0.3, 0.4) is 0 Å². The van der Waals surface area contributed by atoms with Gasteiger partial charge in [-0.1, -0.05) is 52.0 Å². The Morgan fingerprint density at radius 1 is 0.581 bits per heavy atom. The van der Waals surface area contributed by atoms with Crippen LogP contribution in [0.2, 0.25) is 0 Å². The molecule has 2 nitrogen and oxygen atoms in total. The van der Waals surface area contributed by atoms with Crippen LogP contribution in [0.4, 0.5) is 0 Å². The van der Waals surface area contributed by atoms with Crippen molar-refractivity contribution in [3.05, 3.63) is 50.6 Å². The Hall–Kier alpha value is -1.12. The molecule has 0 aromatic heterocycles. The Morgan fingerprint density at radius 3 is 1.00 bits per heavy atom. The molecule has 0 saturated heterocycles. The average Bonchev–Trinajstić information content (AvgIpc) is 2.78. The lowest BCUT2D eigenvalue weighted by molar-refractivity contribution is 0.0626. The SMILES string of the molecule is C=CC(C)C1CC(CC2CC(C(C)C=C)C(N)C(C(C)C=C)C2)CC(C(C)C=C)C1N. The van der Waals surface area contributed by atoms with Crippen molar-refractivity contribution in [3.63, 3.8) is 0 Å². The van der Waals surface area contributed by atoms with Gasteiger partial charge in [-0.2, -0.15) is 0 Å². The van der Waals surface area contributed by atoms with Crippen LogP contribution < -0.4 is 11.5 Å². The van der Waals surface area contributed by atoms with Gasteiger partial charge in [0.15, 0.2) is 0 Å². The molecule has 176 valence electrons. The Morgan fingerprint density at radius 2 is 0.806 bits per heavy atom. The molecule has 2 rings (SSSR count). The van der Waals surface area contributed by atoms with Crippen LogP contribution in [0.1, 0.15) is 59.8 Å². The largest absolute Gasteiger partial charge is 0.327 e. The third kappa shape index (κ3) is 6.02. The number of hydrogen-bond acceptors (Lipinski definition) is 2. The van der Waals surface area contributed by atoms with E-state index in [9.17, 15) is 0 Å². The van der Waals surface area contributed by atoms with E-state index in [-0.39, 0.29) is 12.1 Å². The van der Waals surface area contributed by atoms with E-state index in [2.05, 4.69) is 78.3 Å². The Kier molecular flexibility index (Phi) is 9.83. The summed E-state index contributed by atoms with van der Waals surface area (Å²) in [4.78, 5) is 0. The maximum Gasteiger partial charge on any atom is 0.0107 e. The lowest BCUT2D eigenvalue weighted by Crippen LogP contribution is -2.49. The van der Waals surface area contributed by atoms with Crippen LogP contribution in [-0.2, 0) is 0 Å². The van der Waals surface area contributed by atoms with Gasteiger partial charge in [0.05, 0.1) is 0 Å². The molecule has 2 aliphatic carbocycles. The highest BCUT2D eigenvalue weighted by Crippen LogP contribution is 2.47. The van der Waals surface area contributed by atoms with Crippen LogP contribution in [0.5, 0.6) is 0 Å². The van der Waals surface area contributed by atoms with Crippen molar-refractivity contribution < 1.29 is 0 Å². The third-order valence-corrected chi connectivity index (χ3v) is 9.25. The Labute approximate surface area is 193 Å². The molecule has 4 N–H and O–H groups in total. The van der Waals surface area contributed by atoms with Crippen molar-refractivity contribution in [2.24, 2.45) is 70.6 Å². The monoisotopic (exact) mass is 426 g/mol. The van der Waals surface area contributed by atoms with Crippen LogP contribution in [0, 0.1) is 59.2 Å². The summed E-state index contributed by atoms with van der Waals surface area (Å²) in [5.74, 6) is 5.33. The predicted molar refractivity (Wildman–Crippen MR) is 137 cm³/mol. The van der Waals surface area contributed by atoms with Crippen molar-refractivity contribution in [3.8, 4) is 0 Å². The minimum Gasteiger partial charge on any atom is -0.327 e. The summed E-state index contributed by atoms with van der Waals surface area (Å²) in [7, 11) is 0. The zero-order valence-corrected chi connectivity index (χ0v) is 20.8. The topological polar surface area (TPSA) is 52.0 Å². The quantitative estimate of drug-likeness (QED) is 0.386. The first kappa shape index (κ1) is 26.1. The fourth-order valence-corrected chi connectivity index (χ4v) is 6.81. The molecule has 8 unspecified atom stereocenters. The van der Waals surface area contributed by atoms with Crippen molar-refractivity contribution in [1.82, 2.24) is 0 Å². The zero-order valence-electron chi connectivity index (χ0n) is 20.8. The summed E-state index contributed by atoms with van der Waals surface area (Å²) in [6, 6.07) is 0.471. The van der Waals surface area contributed by atoms with Gasteiger partial charge in [-0.15, -0.1) is 26.3 Å². The van der Waals surface area contributed by atoms with Crippen LogP contribution in [0.15, 0.2) is 50.6 Å². The van der Waals surface area contributed by atoms with Gasteiger partial charge in [-0.3, -0.25) is 0 Å². The van der Waals surface area contributed by atoms with Crippen molar-refractivity contribution >= 4 is 0 Å². The summed E-state index contributed by atoms with van der Waals surface area (Å²) in [6.45, 7) is 25.5. The maximum absolute atomic E-state index is 6.82. The van der Waals surface area contributed by atoms with Gasteiger partial charge in [-0.25, -0.2) is 0 Å². The molecule has 0 spiro atoms.